The molecule has 0 saturated carbocycles. The highest BCUT2D eigenvalue weighted by molar-refractivity contribution is 7.88. The van der Waals surface area contributed by atoms with E-state index in [0.29, 0.717) is 0 Å². The van der Waals surface area contributed by atoms with Crippen molar-refractivity contribution in [2.24, 2.45) is 5.41 Å². The van der Waals surface area contributed by atoms with Crippen LogP contribution in [-0.2, 0) is 28.6 Å². The fourth-order valence-corrected chi connectivity index (χ4v) is 6.19. The Morgan fingerprint density at radius 3 is 1.47 bits per heavy atom. The van der Waals surface area contributed by atoms with Crippen molar-refractivity contribution >= 4 is 20.2 Å². The van der Waals surface area contributed by atoms with Gasteiger partial charge < -0.3 is 0 Å². The monoisotopic (exact) mass is 256 g/mol. The molecule has 88 valence electrons. The molecule has 2 unspecified atom stereocenters. The lowest BCUT2D eigenvalue weighted by Crippen LogP contribution is -2.40. The van der Waals surface area contributed by atoms with Crippen LogP contribution in [0.25, 0.3) is 0 Å². The molecule has 2 aliphatic rings. The number of hydrogen-bond acceptors (Lipinski definition) is 6. The molecule has 0 aromatic rings. The van der Waals surface area contributed by atoms with Gasteiger partial charge in [0.2, 0.25) is 0 Å². The Balaban J connectivity index is 2.45. The zero-order valence-corrected chi connectivity index (χ0v) is 9.97. The van der Waals surface area contributed by atoms with E-state index in [9.17, 15) is 16.8 Å². The lowest BCUT2D eigenvalue weighted by atomic mass is 9.82. The maximum Gasteiger partial charge on any atom is 0.268 e. The highest BCUT2D eigenvalue weighted by atomic mass is 32.2. The third-order valence-electron chi connectivity index (χ3n) is 3.09. The standard InChI is InChI=1S/C7H12O6S2/c1-5-7(3-14(8,9)12-5)4-15(10,11)13-6(7)2/h5-6H,3-4H2,1-2H3. The fourth-order valence-electron chi connectivity index (χ4n) is 2.20. The summed E-state index contributed by atoms with van der Waals surface area (Å²) in [6.07, 6.45) is -1.32. The maximum atomic E-state index is 11.3. The molecule has 2 aliphatic heterocycles. The van der Waals surface area contributed by atoms with Crippen molar-refractivity contribution in [3.8, 4) is 0 Å². The second-order valence-electron chi connectivity index (χ2n) is 4.11. The summed E-state index contributed by atoms with van der Waals surface area (Å²) in [5.41, 5.74) is -0.947. The van der Waals surface area contributed by atoms with Crippen LogP contribution in [0.5, 0.6) is 0 Å². The van der Waals surface area contributed by atoms with E-state index in [0.717, 1.165) is 0 Å². The zero-order valence-electron chi connectivity index (χ0n) is 8.33. The van der Waals surface area contributed by atoms with Gasteiger partial charge in [-0.2, -0.15) is 16.8 Å². The van der Waals surface area contributed by atoms with Crippen LogP contribution in [0.1, 0.15) is 13.8 Å². The van der Waals surface area contributed by atoms with Gasteiger partial charge >= 0.3 is 0 Å². The Kier molecular flexibility index (Phi) is 2.21. The predicted molar refractivity (Wildman–Crippen MR) is 51.1 cm³/mol. The molecule has 1 spiro atoms. The highest BCUT2D eigenvalue weighted by Crippen LogP contribution is 2.45. The first-order valence-electron chi connectivity index (χ1n) is 4.49. The Morgan fingerprint density at radius 2 is 1.27 bits per heavy atom. The average molecular weight is 256 g/mol. The smallest absolute Gasteiger partial charge is 0.266 e. The molecule has 2 saturated heterocycles. The SMILES string of the molecule is CC1OS(=O)(=O)CC12CS(=O)(=O)OC2C. The molecule has 0 N–H and O–H groups in total. The molecule has 2 fully saturated rings. The second-order valence-corrected chi connectivity index (χ2v) is 7.31. The minimum absolute atomic E-state index is 0.290. The van der Waals surface area contributed by atoms with Crippen LogP contribution in [0, 0.1) is 5.41 Å². The Bertz CT molecular complexity index is 430. The number of rotatable bonds is 0. The van der Waals surface area contributed by atoms with Gasteiger partial charge in [0.05, 0.1) is 29.1 Å². The van der Waals surface area contributed by atoms with Crippen molar-refractivity contribution in [3.05, 3.63) is 0 Å². The lowest BCUT2D eigenvalue weighted by Gasteiger charge is -2.25. The summed E-state index contributed by atoms with van der Waals surface area (Å²) < 4.78 is 54.7. The normalized spacial score (nSPS) is 47.3. The number of hydrogen-bond donors (Lipinski definition) is 0. The Labute approximate surface area is 88.8 Å². The molecule has 6 nitrogen and oxygen atoms in total. The van der Waals surface area contributed by atoms with E-state index >= 15 is 0 Å². The van der Waals surface area contributed by atoms with Gasteiger partial charge in [-0.1, -0.05) is 0 Å². The summed E-state index contributed by atoms with van der Waals surface area (Å²) in [6, 6.07) is 0. The van der Waals surface area contributed by atoms with Gasteiger partial charge in [-0.05, 0) is 13.8 Å². The van der Waals surface area contributed by atoms with Crippen molar-refractivity contribution < 1.29 is 25.2 Å². The third kappa shape index (κ3) is 1.69. The van der Waals surface area contributed by atoms with Crippen molar-refractivity contribution in [2.45, 2.75) is 26.1 Å². The predicted octanol–water partition coefficient (Wildman–Crippen LogP) is -0.530. The van der Waals surface area contributed by atoms with Gasteiger partial charge in [-0.25, -0.2) is 0 Å². The Morgan fingerprint density at radius 1 is 0.933 bits per heavy atom. The molecule has 2 atom stereocenters. The first kappa shape index (κ1) is 11.3. The summed E-state index contributed by atoms with van der Waals surface area (Å²) >= 11 is 0. The van der Waals surface area contributed by atoms with Gasteiger partial charge in [0.1, 0.15) is 0 Å². The van der Waals surface area contributed by atoms with E-state index in [1.165, 1.54) is 0 Å². The zero-order chi connectivity index (χ0) is 11.5. The quantitative estimate of drug-likeness (QED) is 0.541. The summed E-state index contributed by atoms with van der Waals surface area (Å²) in [6.45, 7) is 3.12. The summed E-state index contributed by atoms with van der Waals surface area (Å²) in [5, 5.41) is 0. The van der Waals surface area contributed by atoms with Crippen LogP contribution in [0.2, 0.25) is 0 Å². The summed E-state index contributed by atoms with van der Waals surface area (Å²) in [4.78, 5) is 0. The van der Waals surface area contributed by atoms with Gasteiger partial charge in [-0.15, -0.1) is 0 Å². The largest absolute Gasteiger partial charge is 0.268 e. The molecule has 0 aromatic carbocycles. The van der Waals surface area contributed by atoms with Crippen LogP contribution in [0.4, 0.5) is 0 Å². The van der Waals surface area contributed by atoms with Crippen LogP contribution >= 0.6 is 0 Å². The van der Waals surface area contributed by atoms with E-state index in [1.807, 2.05) is 0 Å². The molecule has 0 radical (unpaired) electrons. The minimum atomic E-state index is -3.61. The Hall–Kier alpha value is -0.180. The van der Waals surface area contributed by atoms with Gasteiger partial charge in [0.25, 0.3) is 20.2 Å². The molecule has 8 heteroatoms. The van der Waals surface area contributed by atoms with Crippen LogP contribution in [-0.4, -0.2) is 40.5 Å². The van der Waals surface area contributed by atoms with Crippen molar-refractivity contribution in [3.63, 3.8) is 0 Å². The molecule has 2 heterocycles. The highest BCUT2D eigenvalue weighted by Gasteiger charge is 2.60. The van der Waals surface area contributed by atoms with E-state index in [2.05, 4.69) is 0 Å². The van der Waals surface area contributed by atoms with Crippen LogP contribution in [0.15, 0.2) is 0 Å². The third-order valence-corrected chi connectivity index (χ3v) is 6.04. The average Bonchev–Trinajstić information content (AvgIpc) is 2.31. The van der Waals surface area contributed by atoms with Crippen molar-refractivity contribution in [1.29, 1.82) is 0 Å². The van der Waals surface area contributed by atoms with E-state index in [-0.39, 0.29) is 11.5 Å². The minimum Gasteiger partial charge on any atom is -0.266 e. The molecule has 0 amide bonds. The summed E-state index contributed by atoms with van der Waals surface area (Å²) in [7, 11) is -7.23. The van der Waals surface area contributed by atoms with E-state index in [1.54, 1.807) is 13.8 Å². The molecule has 0 aromatic heterocycles. The van der Waals surface area contributed by atoms with E-state index in [4.69, 9.17) is 8.37 Å². The van der Waals surface area contributed by atoms with Crippen molar-refractivity contribution in [2.75, 3.05) is 11.5 Å². The lowest BCUT2D eigenvalue weighted by molar-refractivity contribution is 0.0607. The molecule has 15 heavy (non-hydrogen) atoms. The molecule has 0 bridgehead atoms. The summed E-state index contributed by atoms with van der Waals surface area (Å²) in [5.74, 6) is -0.580. The molecule has 0 aliphatic carbocycles. The van der Waals surface area contributed by atoms with Gasteiger partial charge in [0, 0.05) is 0 Å². The maximum absolute atomic E-state index is 11.3. The second kappa shape index (κ2) is 2.93. The van der Waals surface area contributed by atoms with Crippen molar-refractivity contribution in [1.82, 2.24) is 0 Å². The fraction of sp³-hybridized carbons (Fsp3) is 1.00. The molecular weight excluding hydrogens is 244 g/mol. The van der Waals surface area contributed by atoms with E-state index < -0.39 is 37.9 Å². The van der Waals surface area contributed by atoms with Gasteiger partial charge in [0.15, 0.2) is 0 Å². The van der Waals surface area contributed by atoms with Crippen LogP contribution < -0.4 is 0 Å². The topological polar surface area (TPSA) is 86.7 Å². The molecule has 2 rings (SSSR count). The van der Waals surface area contributed by atoms with Gasteiger partial charge in [-0.3, -0.25) is 8.37 Å². The van der Waals surface area contributed by atoms with Crippen LogP contribution in [0.3, 0.4) is 0 Å². The molecular formula is C7H12O6S2. The first-order valence-corrected chi connectivity index (χ1v) is 7.64. The first-order chi connectivity index (χ1) is 6.67.